The molecule has 2 N–H and O–H groups in total. The number of hydrogen-bond acceptors (Lipinski definition) is 5. The van der Waals surface area contributed by atoms with Crippen molar-refractivity contribution in [2.75, 3.05) is 26.9 Å². The lowest BCUT2D eigenvalue weighted by Crippen LogP contribution is -2.53. The summed E-state index contributed by atoms with van der Waals surface area (Å²) in [5.41, 5.74) is 0.924. The number of pyridine rings is 1. The summed E-state index contributed by atoms with van der Waals surface area (Å²) in [5, 5.41) is 5.46. The first-order valence-electron chi connectivity index (χ1n) is 10.5. The van der Waals surface area contributed by atoms with Gasteiger partial charge < -0.3 is 20.1 Å². The molecule has 0 spiro atoms. The fraction of sp³-hybridized carbons (Fsp3) is 0.682. The highest BCUT2D eigenvalue weighted by molar-refractivity contribution is 5.96. The first-order chi connectivity index (χ1) is 13.8. The molecule has 0 aromatic carbocycles. The summed E-state index contributed by atoms with van der Waals surface area (Å²) in [6, 6.07) is 3.02. The van der Waals surface area contributed by atoms with Crippen LogP contribution in [-0.2, 0) is 9.53 Å². The minimum absolute atomic E-state index is 0.226. The van der Waals surface area contributed by atoms with Gasteiger partial charge in [-0.3, -0.25) is 9.59 Å². The van der Waals surface area contributed by atoms with Gasteiger partial charge in [-0.25, -0.2) is 4.98 Å². The van der Waals surface area contributed by atoms with Crippen LogP contribution in [0.3, 0.4) is 0 Å². The molecule has 1 aromatic rings. The maximum atomic E-state index is 12.9. The summed E-state index contributed by atoms with van der Waals surface area (Å²) in [6.07, 6.45) is 4.23. The predicted molar refractivity (Wildman–Crippen MR) is 110 cm³/mol. The number of rotatable bonds is 7. The van der Waals surface area contributed by atoms with Crippen molar-refractivity contribution in [3.63, 3.8) is 0 Å². The van der Waals surface area contributed by atoms with Crippen LogP contribution in [-0.4, -0.2) is 49.7 Å². The van der Waals surface area contributed by atoms with E-state index in [1.807, 2.05) is 26.8 Å². The quantitative estimate of drug-likeness (QED) is 0.731. The van der Waals surface area contributed by atoms with Crippen molar-refractivity contribution >= 4 is 11.8 Å². The number of aromatic nitrogens is 1. The minimum atomic E-state index is -0.656. The van der Waals surface area contributed by atoms with Gasteiger partial charge in [-0.15, -0.1) is 0 Å². The summed E-state index contributed by atoms with van der Waals surface area (Å²) >= 11 is 0. The Morgan fingerprint density at radius 1 is 1.21 bits per heavy atom. The smallest absolute Gasteiger partial charge is 0.270 e. The SMILES string of the molecule is CNC(=O)C(NC(=O)c1ccc(C2CC2)c(OCC2CCOCC2)n1)C(C)(C)C. The van der Waals surface area contributed by atoms with Gasteiger partial charge in [-0.1, -0.05) is 26.8 Å². The molecule has 160 valence electrons. The van der Waals surface area contributed by atoms with Gasteiger partial charge in [0.2, 0.25) is 11.8 Å². The van der Waals surface area contributed by atoms with Crippen LogP contribution in [0.1, 0.15) is 68.4 Å². The molecule has 2 amide bonds. The lowest BCUT2D eigenvalue weighted by Gasteiger charge is -2.29. The van der Waals surface area contributed by atoms with Gasteiger partial charge in [0.25, 0.3) is 5.91 Å². The Kier molecular flexibility index (Phi) is 6.77. The van der Waals surface area contributed by atoms with Crippen LogP contribution < -0.4 is 15.4 Å². The Labute approximate surface area is 172 Å². The number of hydrogen-bond donors (Lipinski definition) is 2. The van der Waals surface area contributed by atoms with Crippen LogP contribution >= 0.6 is 0 Å². The molecule has 2 heterocycles. The molecule has 1 aliphatic carbocycles. The molecule has 1 saturated heterocycles. The zero-order valence-electron chi connectivity index (χ0n) is 17.9. The Hall–Kier alpha value is -2.15. The largest absolute Gasteiger partial charge is 0.477 e. The molecule has 1 atom stereocenters. The van der Waals surface area contributed by atoms with Crippen molar-refractivity contribution in [2.24, 2.45) is 11.3 Å². The Morgan fingerprint density at radius 2 is 1.90 bits per heavy atom. The van der Waals surface area contributed by atoms with Crippen molar-refractivity contribution in [3.8, 4) is 5.88 Å². The molecule has 1 unspecified atom stereocenters. The highest BCUT2D eigenvalue weighted by atomic mass is 16.5. The zero-order chi connectivity index (χ0) is 21.0. The molecule has 3 rings (SSSR count). The molecule has 1 saturated carbocycles. The van der Waals surface area contributed by atoms with E-state index in [0.717, 1.165) is 44.5 Å². The van der Waals surface area contributed by atoms with E-state index in [1.165, 1.54) is 0 Å². The van der Waals surface area contributed by atoms with E-state index in [4.69, 9.17) is 9.47 Å². The van der Waals surface area contributed by atoms with Crippen LogP contribution in [0.25, 0.3) is 0 Å². The standard InChI is InChI=1S/C22H33N3O4/c1-22(2,3)18(20(27)23-4)25-19(26)17-8-7-16(15-5-6-15)21(24-17)29-13-14-9-11-28-12-10-14/h7-8,14-15,18H,5-6,9-13H2,1-4H3,(H,23,27)(H,25,26). The van der Waals surface area contributed by atoms with Gasteiger partial charge in [-0.05, 0) is 49.0 Å². The third kappa shape index (κ3) is 5.69. The maximum absolute atomic E-state index is 12.9. The second-order valence-electron chi connectivity index (χ2n) is 9.12. The molecular formula is C22H33N3O4. The molecule has 7 nitrogen and oxygen atoms in total. The van der Waals surface area contributed by atoms with E-state index in [0.29, 0.717) is 24.3 Å². The van der Waals surface area contributed by atoms with Crippen LogP contribution in [0.5, 0.6) is 5.88 Å². The van der Waals surface area contributed by atoms with Crippen molar-refractivity contribution < 1.29 is 19.1 Å². The maximum Gasteiger partial charge on any atom is 0.270 e. The molecule has 2 aliphatic rings. The van der Waals surface area contributed by atoms with Crippen LogP contribution in [0.4, 0.5) is 0 Å². The van der Waals surface area contributed by atoms with Gasteiger partial charge in [0, 0.05) is 25.8 Å². The van der Waals surface area contributed by atoms with Crippen molar-refractivity contribution in [1.29, 1.82) is 0 Å². The highest BCUT2D eigenvalue weighted by Gasteiger charge is 2.33. The Morgan fingerprint density at radius 3 is 2.48 bits per heavy atom. The fourth-order valence-corrected chi connectivity index (χ4v) is 3.53. The monoisotopic (exact) mass is 403 g/mol. The number of amides is 2. The van der Waals surface area contributed by atoms with E-state index in [-0.39, 0.29) is 17.5 Å². The predicted octanol–water partition coefficient (Wildman–Crippen LogP) is 2.65. The summed E-state index contributed by atoms with van der Waals surface area (Å²) in [6.45, 7) is 7.88. The summed E-state index contributed by atoms with van der Waals surface area (Å²) in [4.78, 5) is 29.6. The number of carbonyl (C=O) groups is 2. The number of nitrogens with one attached hydrogen (secondary N) is 2. The number of carbonyl (C=O) groups excluding carboxylic acids is 2. The third-order valence-corrected chi connectivity index (χ3v) is 5.59. The topological polar surface area (TPSA) is 89.6 Å². The lowest BCUT2D eigenvalue weighted by molar-refractivity contribution is -0.124. The van der Waals surface area contributed by atoms with E-state index in [2.05, 4.69) is 15.6 Å². The number of ether oxygens (including phenoxy) is 2. The van der Waals surface area contributed by atoms with E-state index < -0.39 is 11.5 Å². The second-order valence-corrected chi connectivity index (χ2v) is 9.12. The lowest BCUT2D eigenvalue weighted by atomic mass is 9.86. The summed E-state index contributed by atoms with van der Waals surface area (Å²) < 4.78 is 11.5. The zero-order valence-corrected chi connectivity index (χ0v) is 17.9. The van der Waals surface area contributed by atoms with Gasteiger partial charge in [0.15, 0.2) is 0 Å². The average molecular weight is 404 g/mol. The van der Waals surface area contributed by atoms with E-state index in [9.17, 15) is 9.59 Å². The van der Waals surface area contributed by atoms with Crippen LogP contribution in [0.15, 0.2) is 12.1 Å². The van der Waals surface area contributed by atoms with Gasteiger partial charge in [-0.2, -0.15) is 0 Å². The number of likely N-dealkylation sites (N-methyl/N-ethyl adjacent to an activating group) is 1. The van der Waals surface area contributed by atoms with Gasteiger partial charge in [0.05, 0.1) is 6.61 Å². The molecule has 0 bridgehead atoms. The molecule has 7 heteroatoms. The molecule has 2 fully saturated rings. The minimum Gasteiger partial charge on any atom is -0.477 e. The molecule has 1 aromatic heterocycles. The van der Waals surface area contributed by atoms with Crippen molar-refractivity contribution in [1.82, 2.24) is 15.6 Å². The molecule has 1 aliphatic heterocycles. The normalized spacial score (nSPS) is 18.8. The molecular weight excluding hydrogens is 370 g/mol. The average Bonchev–Trinajstić information content (AvgIpc) is 3.54. The molecule has 29 heavy (non-hydrogen) atoms. The first-order valence-corrected chi connectivity index (χ1v) is 10.5. The van der Waals surface area contributed by atoms with E-state index in [1.54, 1.807) is 13.1 Å². The highest BCUT2D eigenvalue weighted by Crippen LogP contribution is 2.43. The van der Waals surface area contributed by atoms with Gasteiger partial charge in [0.1, 0.15) is 11.7 Å². The van der Waals surface area contributed by atoms with Gasteiger partial charge >= 0.3 is 0 Å². The number of nitrogens with zero attached hydrogens (tertiary/aromatic N) is 1. The van der Waals surface area contributed by atoms with E-state index >= 15 is 0 Å². The van der Waals surface area contributed by atoms with Crippen LogP contribution in [0.2, 0.25) is 0 Å². The van der Waals surface area contributed by atoms with Crippen molar-refractivity contribution in [2.45, 2.75) is 58.4 Å². The first kappa shape index (κ1) is 21.6. The van der Waals surface area contributed by atoms with Crippen LogP contribution in [0, 0.1) is 11.3 Å². The molecule has 0 radical (unpaired) electrons. The Balaban J connectivity index is 1.74. The summed E-state index contributed by atoms with van der Waals surface area (Å²) in [7, 11) is 1.57. The second kappa shape index (κ2) is 9.11. The third-order valence-electron chi connectivity index (χ3n) is 5.59. The van der Waals surface area contributed by atoms with Crippen molar-refractivity contribution in [3.05, 3.63) is 23.4 Å². The Bertz CT molecular complexity index is 734. The summed E-state index contributed by atoms with van der Waals surface area (Å²) in [5.74, 6) is 0.883. The fourth-order valence-electron chi connectivity index (χ4n) is 3.53.